The predicted octanol–water partition coefficient (Wildman–Crippen LogP) is 0.723. The van der Waals surface area contributed by atoms with E-state index in [9.17, 15) is 0 Å². The van der Waals surface area contributed by atoms with Crippen LogP contribution in [0.2, 0.25) is 0 Å². The maximum absolute atomic E-state index is 5.94. The molecule has 9 heavy (non-hydrogen) atoms. The lowest BCUT2D eigenvalue weighted by molar-refractivity contribution is 0.382. The molecular weight excluding hydrogens is 112 g/mol. The maximum Gasteiger partial charge on any atom is 0.0275 e. The third kappa shape index (κ3) is 2.82. The Labute approximate surface area is 57.8 Å². The van der Waals surface area contributed by atoms with Crippen LogP contribution in [0.25, 0.3) is 0 Å². The second-order valence-electron chi connectivity index (χ2n) is 2.60. The molecule has 0 aromatic rings. The Balaban J connectivity index is 3.62. The van der Waals surface area contributed by atoms with Crippen molar-refractivity contribution in [1.82, 2.24) is 5.32 Å². The Morgan fingerprint density at radius 3 is 1.89 bits per heavy atom. The van der Waals surface area contributed by atoms with Crippen LogP contribution >= 0.6 is 0 Å². The van der Waals surface area contributed by atoms with Crippen molar-refractivity contribution in [3.05, 3.63) is 0 Å². The van der Waals surface area contributed by atoms with E-state index >= 15 is 0 Å². The van der Waals surface area contributed by atoms with Gasteiger partial charge in [-0.05, 0) is 19.9 Å². The second-order valence-corrected chi connectivity index (χ2v) is 2.60. The molecule has 0 atom stereocenters. The van der Waals surface area contributed by atoms with Gasteiger partial charge in [0.25, 0.3) is 0 Å². The number of hydrogen-bond donors (Lipinski definition) is 2. The van der Waals surface area contributed by atoms with Crippen molar-refractivity contribution in [3.63, 3.8) is 0 Å². The molecule has 0 radical (unpaired) electrons. The summed E-state index contributed by atoms with van der Waals surface area (Å²) < 4.78 is 0. The first-order valence-corrected chi connectivity index (χ1v) is 3.62. The fraction of sp³-hybridized carbons (Fsp3) is 1.00. The molecule has 2 nitrogen and oxygen atoms in total. The number of hydrogen-bond acceptors (Lipinski definition) is 2. The Morgan fingerprint density at radius 2 is 1.78 bits per heavy atom. The quantitative estimate of drug-likeness (QED) is 0.588. The van der Waals surface area contributed by atoms with Crippen LogP contribution in [-0.2, 0) is 0 Å². The smallest absolute Gasteiger partial charge is 0.0275 e. The molecule has 0 unspecified atom stereocenters. The van der Waals surface area contributed by atoms with Gasteiger partial charge in [-0.2, -0.15) is 0 Å². The molecule has 56 valence electrons. The van der Waals surface area contributed by atoms with E-state index in [4.69, 9.17) is 5.73 Å². The summed E-state index contributed by atoms with van der Waals surface area (Å²) in [5, 5.41) is 3.09. The summed E-state index contributed by atoms with van der Waals surface area (Å²) in [5.41, 5.74) is 5.97. The zero-order valence-corrected chi connectivity index (χ0v) is 6.70. The van der Waals surface area contributed by atoms with Gasteiger partial charge in [-0.1, -0.05) is 13.8 Å². The highest BCUT2D eigenvalue weighted by Crippen LogP contribution is 2.08. The molecule has 0 aliphatic heterocycles. The number of nitrogens with two attached hydrogens (primary N) is 1. The molecule has 0 aliphatic carbocycles. The van der Waals surface area contributed by atoms with Crippen molar-refractivity contribution in [2.75, 3.05) is 13.6 Å². The molecule has 0 bridgehead atoms. The van der Waals surface area contributed by atoms with E-state index in [1.165, 1.54) is 0 Å². The summed E-state index contributed by atoms with van der Waals surface area (Å²) in [6, 6.07) is 0. The van der Waals surface area contributed by atoms with Gasteiger partial charge in [0.05, 0.1) is 0 Å². The molecule has 0 aliphatic rings. The van der Waals surface area contributed by atoms with Gasteiger partial charge >= 0.3 is 0 Å². The van der Waals surface area contributed by atoms with Crippen LogP contribution in [0.1, 0.15) is 26.7 Å². The second kappa shape index (κ2) is 3.85. The summed E-state index contributed by atoms with van der Waals surface area (Å²) in [6.45, 7) is 5.17. The highest BCUT2D eigenvalue weighted by atomic mass is 14.9. The molecule has 0 heterocycles. The Morgan fingerprint density at radius 1 is 1.33 bits per heavy atom. The first-order valence-electron chi connectivity index (χ1n) is 3.62. The summed E-state index contributed by atoms with van der Waals surface area (Å²) in [6.07, 6.45) is 2.09. The topological polar surface area (TPSA) is 38.0 Å². The molecule has 0 aromatic carbocycles. The molecule has 0 saturated carbocycles. The zero-order chi connectivity index (χ0) is 7.33. The highest BCUT2D eigenvalue weighted by Gasteiger charge is 2.17. The molecule has 3 N–H and O–H groups in total. The largest absolute Gasteiger partial charge is 0.324 e. The van der Waals surface area contributed by atoms with E-state index in [0.29, 0.717) is 0 Å². The van der Waals surface area contributed by atoms with E-state index in [1.807, 2.05) is 7.05 Å². The minimum Gasteiger partial charge on any atom is -0.324 e. The van der Waals surface area contributed by atoms with Crippen LogP contribution in [0, 0.1) is 0 Å². The van der Waals surface area contributed by atoms with Crippen molar-refractivity contribution in [1.29, 1.82) is 0 Å². The minimum absolute atomic E-state index is 0.0226. The van der Waals surface area contributed by atoms with E-state index in [0.717, 1.165) is 19.4 Å². The van der Waals surface area contributed by atoms with E-state index in [2.05, 4.69) is 19.2 Å². The van der Waals surface area contributed by atoms with Crippen LogP contribution in [-0.4, -0.2) is 19.1 Å². The Kier molecular flexibility index (Phi) is 3.82. The van der Waals surface area contributed by atoms with Gasteiger partial charge in [-0.3, -0.25) is 0 Å². The molecule has 0 amide bonds. The maximum atomic E-state index is 5.94. The molecule has 2 heteroatoms. The van der Waals surface area contributed by atoms with Gasteiger partial charge in [-0.25, -0.2) is 0 Å². The Hall–Kier alpha value is -0.0800. The lowest BCUT2D eigenvalue weighted by Gasteiger charge is -2.25. The van der Waals surface area contributed by atoms with Gasteiger partial charge in [0.1, 0.15) is 0 Å². The Bertz CT molecular complexity index is 67.3. The standard InChI is InChI=1S/C7H18N2/c1-4-7(8,5-2)6-9-3/h9H,4-6,8H2,1-3H3. The molecule has 0 aromatic heterocycles. The number of rotatable bonds is 4. The summed E-state index contributed by atoms with van der Waals surface area (Å²) in [4.78, 5) is 0. The first-order chi connectivity index (χ1) is 4.18. The average molecular weight is 130 g/mol. The lowest BCUT2D eigenvalue weighted by Crippen LogP contribution is -2.46. The van der Waals surface area contributed by atoms with Gasteiger partial charge < -0.3 is 11.1 Å². The fourth-order valence-electron chi connectivity index (χ4n) is 0.852. The van der Waals surface area contributed by atoms with Crippen molar-refractivity contribution in [3.8, 4) is 0 Å². The van der Waals surface area contributed by atoms with Gasteiger partial charge in [0, 0.05) is 12.1 Å². The van der Waals surface area contributed by atoms with Crippen molar-refractivity contribution in [2.24, 2.45) is 5.73 Å². The predicted molar refractivity (Wildman–Crippen MR) is 41.4 cm³/mol. The minimum atomic E-state index is 0.0226. The molecule has 0 spiro atoms. The van der Waals surface area contributed by atoms with Gasteiger partial charge in [-0.15, -0.1) is 0 Å². The average Bonchev–Trinajstić information content (AvgIpc) is 1.89. The summed E-state index contributed by atoms with van der Waals surface area (Å²) in [5.74, 6) is 0. The normalized spacial score (nSPS) is 12.0. The van der Waals surface area contributed by atoms with Gasteiger partial charge in [0.2, 0.25) is 0 Å². The number of nitrogens with one attached hydrogen (secondary N) is 1. The van der Waals surface area contributed by atoms with E-state index in [1.54, 1.807) is 0 Å². The van der Waals surface area contributed by atoms with Crippen LogP contribution in [0.5, 0.6) is 0 Å². The SMILES string of the molecule is CCC(N)(CC)CNC. The third-order valence-corrected chi connectivity index (χ3v) is 1.94. The lowest BCUT2D eigenvalue weighted by atomic mass is 9.94. The summed E-state index contributed by atoms with van der Waals surface area (Å²) in [7, 11) is 1.94. The first kappa shape index (κ1) is 8.92. The summed E-state index contributed by atoms with van der Waals surface area (Å²) >= 11 is 0. The van der Waals surface area contributed by atoms with Crippen molar-refractivity contribution >= 4 is 0 Å². The fourth-order valence-corrected chi connectivity index (χ4v) is 0.852. The molecule has 0 fully saturated rings. The third-order valence-electron chi connectivity index (χ3n) is 1.94. The van der Waals surface area contributed by atoms with Crippen LogP contribution in [0.15, 0.2) is 0 Å². The van der Waals surface area contributed by atoms with Crippen molar-refractivity contribution in [2.45, 2.75) is 32.2 Å². The van der Waals surface area contributed by atoms with Crippen LogP contribution in [0.3, 0.4) is 0 Å². The zero-order valence-electron chi connectivity index (χ0n) is 6.70. The van der Waals surface area contributed by atoms with Crippen molar-refractivity contribution < 1.29 is 0 Å². The van der Waals surface area contributed by atoms with E-state index < -0.39 is 0 Å². The van der Waals surface area contributed by atoms with Crippen LogP contribution < -0.4 is 11.1 Å². The molecule has 0 rings (SSSR count). The number of likely N-dealkylation sites (N-methyl/N-ethyl adjacent to an activating group) is 1. The highest BCUT2D eigenvalue weighted by molar-refractivity contribution is 4.82. The molecular formula is C7H18N2. The molecule has 0 saturated heterocycles. The van der Waals surface area contributed by atoms with Crippen LogP contribution in [0.4, 0.5) is 0 Å². The monoisotopic (exact) mass is 130 g/mol. The van der Waals surface area contributed by atoms with Gasteiger partial charge in [0.15, 0.2) is 0 Å². The van der Waals surface area contributed by atoms with E-state index in [-0.39, 0.29) is 5.54 Å².